The van der Waals surface area contributed by atoms with Gasteiger partial charge in [-0.2, -0.15) is 0 Å². The molecule has 8 aromatic carbocycles. The Balaban J connectivity index is 1.58. The lowest BCUT2D eigenvalue weighted by atomic mass is 9.79. The lowest BCUT2D eigenvalue weighted by molar-refractivity contribution is 0.590. The third-order valence-corrected chi connectivity index (χ3v) is 9.94. The fraction of sp³-hybridized carbons (Fsp3) is 0.174. The van der Waals surface area contributed by atoms with Crippen LogP contribution >= 0.6 is 0 Å². The zero-order valence-electron chi connectivity index (χ0n) is 27.7. The molecule has 0 heterocycles. The lowest BCUT2D eigenvalue weighted by Gasteiger charge is -2.25. The third kappa shape index (κ3) is 4.59. The monoisotopic (exact) mass is 592 g/mol. The third-order valence-electron chi connectivity index (χ3n) is 9.94. The molecule has 0 atom stereocenters. The van der Waals surface area contributed by atoms with Crippen LogP contribution in [0.3, 0.4) is 0 Å². The van der Waals surface area contributed by atoms with Crippen molar-refractivity contribution in [2.75, 3.05) is 0 Å². The summed E-state index contributed by atoms with van der Waals surface area (Å²) < 4.78 is 0. The molecule has 0 fully saturated rings. The normalized spacial score (nSPS) is 12.6. The average molecular weight is 593 g/mol. The van der Waals surface area contributed by atoms with E-state index in [-0.39, 0.29) is 10.8 Å². The van der Waals surface area contributed by atoms with E-state index in [2.05, 4.69) is 175 Å². The van der Waals surface area contributed by atoms with Gasteiger partial charge in [0.25, 0.3) is 0 Å². The summed E-state index contributed by atoms with van der Waals surface area (Å²) >= 11 is 0. The Bertz CT molecular complexity index is 2470. The van der Waals surface area contributed by atoms with Crippen molar-refractivity contribution >= 4 is 53.9 Å². The number of hydrogen-bond donors (Lipinski definition) is 0. The molecule has 8 rings (SSSR count). The second-order valence-corrected chi connectivity index (χ2v) is 15.0. The first-order valence-corrected chi connectivity index (χ1v) is 16.5. The van der Waals surface area contributed by atoms with Gasteiger partial charge in [-0.3, -0.25) is 0 Å². The molecule has 0 radical (unpaired) electrons. The van der Waals surface area contributed by atoms with Crippen molar-refractivity contribution < 1.29 is 0 Å². The van der Waals surface area contributed by atoms with Gasteiger partial charge >= 0.3 is 0 Å². The minimum absolute atomic E-state index is 0.0235. The zero-order chi connectivity index (χ0) is 31.8. The molecule has 0 aliphatic heterocycles. The van der Waals surface area contributed by atoms with Gasteiger partial charge in [0.2, 0.25) is 0 Å². The van der Waals surface area contributed by atoms with E-state index in [1.807, 2.05) is 0 Å². The zero-order valence-corrected chi connectivity index (χ0v) is 27.7. The predicted octanol–water partition coefficient (Wildman–Crippen LogP) is 13.4. The molecule has 46 heavy (non-hydrogen) atoms. The van der Waals surface area contributed by atoms with E-state index in [1.54, 1.807) is 0 Å². The highest BCUT2D eigenvalue weighted by Crippen LogP contribution is 2.47. The lowest BCUT2D eigenvalue weighted by Crippen LogP contribution is -2.11. The topological polar surface area (TPSA) is 0 Å². The summed E-state index contributed by atoms with van der Waals surface area (Å²) in [6, 6.07) is 50.4. The SMILES string of the molecule is CC(C)(C)c1ccc2c(-c3cccc4ccccc34)c3cc(C(C)(C)C)ccc3c(-c3ccc4ccc5ccccc5c4c3)c2c1. The summed E-state index contributed by atoms with van der Waals surface area (Å²) in [6.07, 6.45) is 0. The molecule has 8 aromatic rings. The van der Waals surface area contributed by atoms with Crippen molar-refractivity contribution in [2.24, 2.45) is 0 Å². The van der Waals surface area contributed by atoms with Crippen LogP contribution in [0.2, 0.25) is 0 Å². The molecule has 0 aliphatic rings. The quantitative estimate of drug-likeness (QED) is 0.138. The first-order valence-electron chi connectivity index (χ1n) is 16.5. The fourth-order valence-corrected chi connectivity index (χ4v) is 7.36. The van der Waals surface area contributed by atoms with E-state index < -0.39 is 0 Å². The Morgan fingerprint density at radius 3 is 1.48 bits per heavy atom. The van der Waals surface area contributed by atoms with E-state index in [0.29, 0.717) is 0 Å². The van der Waals surface area contributed by atoms with E-state index in [4.69, 9.17) is 0 Å². The highest BCUT2D eigenvalue weighted by Gasteiger charge is 2.23. The van der Waals surface area contributed by atoms with Gasteiger partial charge in [0.15, 0.2) is 0 Å². The first-order chi connectivity index (χ1) is 22.1. The molecular formula is C46H40. The van der Waals surface area contributed by atoms with Crippen molar-refractivity contribution in [3.05, 3.63) is 145 Å². The van der Waals surface area contributed by atoms with E-state index in [9.17, 15) is 0 Å². The molecule has 0 N–H and O–H groups in total. The van der Waals surface area contributed by atoms with E-state index in [1.165, 1.54) is 87.2 Å². The maximum Gasteiger partial charge on any atom is -0.00200 e. The van der Waals surface area contributed by atoms with Gasteiger partial charge in [0.1, 0.15) is 0 Å². The molecule has 0 spiro atoms. The molecule has 0 unspecified atom stereocenters. The number of hydrogen-bond acceptors (Lipinski definition) is 0. The standard InChI is InChI=1S/C46H40/c1-45(2,3)33-23-25-39-41(27-33)43(32-21-20-31-19-18-30-13-8-10-16-36(30)40(31)26-32)38-24-22-34(46(4,5)6)28-42(38)44(39)37-17-11-14-29-12-7-9-15-35(29)37/h7-28H,1-6H3. The summed E-state index contributed by atoms with van der Waals surface area (Å²) in [4.78, 5) is 0. The molecule has 0 aromatic heterocycles. The van der Waals surface area contributed by atoms with Crippen LogP contribution in [-0.2, 0) is 10.8 Å². The molecule has 224 valence electrons. The van der Waals surface area contributed by atoms with Gasteiger partial charge in [-0.25, -0.2) is 0 Å². The Kier molecular flexibility index (Phi) is 6.38. The van der Waals surface area contributed by atoms with Gasteiger partial charge in [-0.05, 0) is 116 Å². The summed E-state index contributed by atoms with van der Waals surface area (Å²) in [6.45, 7) is 13.9. The predicted molar refractivity (Wildman–Crippen MR) is 202 cm³/mol. The minimum Gasteiger partial charge on any atom is -0.0616 e. The summed E-state index contributed by atoms with van der Waals surface area (Å²) in [5, 5.41) is 12.9. The Morgan fingerprint density at radius 2 is 0.826 bits per heavy atom. The number of rotatable bonds is 2. The van der Waals surface area contributed by atoms with Gasteiger partial charge in [0, 0.05) is 0 Å². The first kappa shape index (κ1) is 28.5. The average Bonchev–Trinajstić information content (AvgIpc) is 3.05. The van der Waals surface area contributed by atoms with Gasteiger partial charge < -0.3 is 0 Å². The Labute approximate surface area is 272 Å². The smallest absolute Gasteiger partial charge is 0.00200 e. The maximum atomic E-state index is 2.48. The van der Waals surface area contributed by atoms with Crippen LogP contribution in [0.5, 0.6) is 0 Å². The second-order valence-electron chi connectivity index (χ2n) is 15.0. The van der Waals surface area contributed by atoms with E-state index >= 15 is 0 Å². The summed E-state index contributed by atoms with van der Waals surface area (Å²) in [7, 11) is 0. The molecule has 0 amide bonds. The molecule has 0 saturated heterocycles. The van der Waals surface area contributed by atoms with Crippen molar-refractivity contribution in [1.82, 2.24) is 0 Å². The molecule has 0 heteroatoms. The summed E-state index contributed by atoms with van der Waals surface area (Å²) in [5.41, 5.74) is 7.94. The van der Waals surface area contributed by atoms with Crippen molar-refractivity contribution in [1.29, 1.82) is 0 Å². The Morgan fingerprint density at radius 1 is 0.326 bits per heavy atom. The van der Waals surface area contributed by atoms with Crippen LogP contribution in [-0.4, -0.2) is 0 Å². The minimum atomic E-state index is 0.0235. The van der Waals surface area contributed by atoms with E-state index in [0.717, 1.165) is 0 Å². The van der Waals surface area contributed by atoms with Crippen LogP contribution in [0.15, 0.2) is 133 Å². The second kappa shape index (κ2) is 10.3. The molecule has 0 nitrogen and oxygen atoms in total. The van der Waals surface area contributed by atoms with Crippen LogP contribution < -0.4 is 0 Å². The number of fused-ring (bicyclic) bond motifs is 6. The number of benzene rings is 8. The van der Waals surface area contributed by atoms with Crippen LogP contribution in [0.1, 0.15) is 52.7 Å². The van der Waals surface area contributed by atoms with Crippen molar-refractivity contribution in [2.45, 2.75) is 52.4 Å². The molecule has 0 aliphatic carbocycles. The fourth-order valence-electron chi connectivity index (χ4n) is 7.36. The maximum absolute atomic E-state index is 2.48. The van der Waals surface area contributed by atoms with Gasteiger partial charge in [-0.1, -0.05) is 157 Å². The van der Waals surface area contributed by atoms with Crippen LogP contribution in [0.4, 0.5) is 0 Å². The van der Waals surface area contributed by atoms with Crippen molar-refractivity contribution in [3.8, 4) is 22.3 Å². The van der Waals surface area contributed by atoms with Crippen LogP contribution in [0.25, 0.3) is 76.1 Å². The largest absolute Gasteiger partial charge is 0.0616 e. The Hall–Kier alpha value is -4.94. The molecule has 0 saturated carbocycles. The van der Waals surface area contributed by atoms with Gasteiger partial charge in [0.05, 0.1) is 0 Å². The molecular weight excluding hydrogens is 553 g/mol. The van der Waals surface area contributed by atoms with Crippen LogP contribution in [0, 0.1) is 0 Å². The highest BCUT2D eigenvalue weighted by molar-refractivity contribution is 6.24. The van der Waals surface area contributed by atoms with Gasteiger partial charge in [-0.15, -0.1) is 0 Å². The highest BCUT2D eigenvalue weighted by atomic mass is 14.3. The molecule has 0 bridgehead atoms. The van der Waals surface area contributed by atoms with Crippen molar-refractivity contribution in [3.63, 3.8) is 0 Å². The summed E-state index contributed by atoms with van der Waals surface area (Å²) in [5.74, 6) is 0.